The largest absolute Gasteiger partial charge is 0.250 e. The third-order valence-electron chi connectivity index (χ3n) is 4.62. The second-order valence-corrected chi connectivity index (χ2v) is 9.47. The van der Waals surface area contributed by atoms with E-state index in [2.05, 4.69) is 15.1 Å². The molecule has 0 saturated heterocycles. The first-order valence-electron chi connectivity index (χ1n) is 8.40. The summed E-state index contributed by atoms with van der Waals surface area (Å²) < 4.78 is 29.3. The van der Waals surface area contributed by atoms with Gasteiger partial charge in [0, 0.05) is 30.6 Å². The summed E-state index contributed by atoms with van der Waals surface area (Å²) in [6.07, 6.45) is 2.24. The first-order valence-corrected chi connectivity index (χ1v) is 10.7. The predicted molar refractivity (Wildman–Crippen MR) is 103 cm³/mol. The summed E-state index contributed by atoms with van der Waals surface area (Å²) in [5.74, 6) is 0. The zero-order valence-corrected chi connectivity index (χ0v) is 17.4. The minimum atomic E-state index is -3.69. The highest BCUT2D eigenvalue weighted by Gasteiger charge is 2.29. The highest BCUT2D eigenvalue weighted by molar-refractivity contribution is 7.89. The Balaban J connectivity index is 2.01. The summed E-state index contributed by atoms with van der Waals surface area (Å²) in [6.45, 7) is 7.71. The third-order valence-corrected chi connectivity index (χ3v) is 7.98. The van der Waals surface area contributed by atoms with Crippen LogP contribution in [0.3, 0.4) is 0 Å². The predicted octanol–water partition coefficient (Wildman–Crippen LogP) is 2.99. The maximum Gasteiger partial charge on any atom is 0.244 e. The van der Waals surface area contributed by atoms with Crippen LogP contribution in [-0.4, -0.2) is 39.5 Å². The van der Waals surface area contributed by atoms with E-state index in [-0.39, 0.29) is 10.9 Å². The van der Waals surface area contributed by atoms with Crippen molar-refractivity contribution in [3.05, 3.63) is 33.5 Å². The molecule has 0 spiro atoms. The van der Waals surface area contributed by atoms with Crippen LogP contribution in [0, 0.1) is 13.8 Å². The van der Waals surface area contributed by atoms with E-state index in [4.69, 9.17) is 0 Å². The van der Waals surface area contributed by atoms with Crippen LogP contribution in [-0.2, 0) is 23.5 Å². The fourth-order valence-electron chi connectivity index (χ4n) is 2.97. The number of hydrogen-bond donors (Lipinski definition) is 0. The van der Waals surface area contributed by atoms with Crippen LogP contribution in [0.1, 0.15) is 41.2 Å². The number of fused-ring (bicyclic) bond motifs is 1. The Kier molecular flexibility index (Phi) is 4.89. The van der Waals surface area contributed by atoms with Crippen LogP contribution >= 0.6 is 11.3 Å². The number of aryl methyl sites for hydroxylation is 4. The summed E-state index contributed by atoms with van der Waals surface area (Å²) in [7, 11) is -0.290. The number of nitrogens with zero attached hydrogens (tertiary/aromatic N) is 5. The molecule has 0 fully saturated rings. The lowest BCUT2D eigenvalue weighted by molar-refractivity contribution is 0.401. The molecule has 0 bridgehead atoms. The summed E-state index contributed by atoms with van der Waals surface area (Å²) in [6, 6.07) is 1.35. The molecule has 1 atom stereocenters. The van der Waals surface area contributed by atoms with Gasteiger partial charge in [0.25, 0.3) is 0 Å². The number of hydrogen-bond acceptors (Lipinski definition) is 6. The van der Waals surface area contributed by atoms with Crippen LogP contribution in [0.5, 0.6) is 0 Å². The van der Waals surface area contributed by atoms with Crippen molar-refractivity contribution in [3.63, 3.8) is 0 Å². The Hall–Kier alpha value is -1.84. The minimum absolute atomic E-state index is 0.174. The number of sulfonamides is 1. The maximum absolute atomic E-state index is 13.1. The molecule has 0 saturated carbocycles. The summed E-state index contributed by atoms with van der Waals surface area (Å²) in [5.41, 5.74) is 2.31. The van der Waals surface area contributed by atoms with Gasteiger partial charge in [-0.15, -0.1) is 11.3 Å². The molecule has 26 heavy (non-hydrogen) atoms. The van der Waals surface area contributed by atoms with Gasteiger partial charge in [0.2, 0.25) is 10.0 Å². The quantitative estimate of drug-likeness (QED) is 0.666. The van der Waals surface area contributed by atoms with E-state index in [9.17, 15) is 8.42 Å². The summed E-state index contributed by atoms with van der Waals surface area (Å²) in [5, 5.41) is 6.07. The average Bonchev–Trinajstić information content (AvgIpc) is 3.13. The van der Waals surface area contributed by atoms with Gasteiger partial charge in [-0.2, -0.15) is 9.40 Å². The van der Waals surface area contributed by atoms with E-state index < -0.39 is 10.0 Å². The first kappa shape index (κ1) is 18.9. The normalized spacial score (nSPS) is 13.7. The lowest BCUT2D eigenvalue weighted by atomic mass is 10.2. The fourth-order valence-corrected chi connectivity index (χ4v) is 5.45. The topological polar surface area (TPSA) is 81.0 Å². The Morgan fingerprint density at radius 2 is 2.00 bits per heavy atom. The number of pyridine rings is 1. The molecule has 0 radical (unpaired) electrons. The van der Waals surface area contributed by atoms with Crippen LogP contribution in [0.4, 0.5) is 0 Å². The van der Waals surface area contributed by atoms with Gasteiger partial charge in [0.15, 0.2) is 5.65 Å². The van der Waals surface area contributed by atoms with Crippen LogP contribution in [0.15, 0.2) is 17.2 Å². The monoisotopic (exact) mass is 393 g/mol. The van der Waals surface area contributed by atoms with Gasteiger partial charge in [-0.05, 0) is 33.3 Å². The van der Waals surface area contributed by atoms with Crippen LogP contribution in [0.25, 0.3) is 11.0 Å². The van der Waals surface area contributed by atoms with Crippen molar-refractivity contribution >= 4 is 32.4 Å². The molecule has 3 rings (SSSR count). The molecular formula is C17H23N5O2S2. The van der Waals surface area contributed by atoms with Crippen LogP contribution in [0.2, 0.25) is 0 Å². The molecule has 3 aromatic heterocycles. The number of thiazole rings is 1. The number of rotatable bonds is 5. The van der Waals surface area contributed by atoms with Gasteiger partial charge in [-0.1, -0.05) is 6.92 Å². The molecular weight excluding hydrogens is 370 g/mol. The zero-order chi connectivity index (χ0) is 19.2. The Bertz CT molecular complexity index is 1070. The molecule has 3 aromatic rings. The van der Waals surface area contributed by atoms with Gasteiger partial charge in [-0.3, -0.25) is 4.68 Å². The highest BCUT2D eigenvalue weighted by atomic mass is 32.2. The molecule has 0 unspecified atom stereocenters. The lowest BCUT2D eigenvalue weighted by Crippen LogP contribution is -2.29. The van der Waals surface area contributed by atoms with Gasteiger partial charge < -0.3 is 0 Å². The molecule has 0 amide bonds. The second kappa shape index (κ2) is 6.71. The van der Waals surface area contributed by atoms with Crippen molar-refractivity contribution in [2.45, 2.75) is 45.1 Å². The molecule has 3 heterocycles. The number of aromatic nitrogens is 4. The Morgan fingerprint density at radius 1 is 1.31 bits per heavy atom. The van der Waals surface area contributed by atoms with E-state index in [0.717, 1.165) is 33.1 Å². The smallest absolute Gasteiger partial charge is 0.244 e. The average molecular weight is 394 g/mol. The maximum atomic E-state index is 13.1. The summed E-state index contributed by atoms with van der Waals surface area (Å²) >= 11 is 1.57. The van der Waals surface area contributed by atoms with Crippen LogP contribution < -0.4 is 0 Å². The molecule has 0 aliphatic rings. The third kappa shape index (κ3) is 3.04. The SMILES string of the molecule is CCc1nc(C)c([C@H](C)N(C)S(=O)(=O)c2cnc3c(c2)c(C)nn3C)s1. The Labute approximate surface area is 157 Å². The van der Waals surface area contributed by atoms with E-state index in [1.54, 1.807) is 36.2 Å². The molecule has 0 aromatic carbocycles. The molecule has 0 aliphatic heterocycles. The van der Waals surface area contributed by atoms with Crippen molar-refractivity contribution < 1.29 is 8.42 Å². The Morgan fingerprint density at radius 3 is 2.62 bits per heavy atom. The van der Waals surface area contributed by atoms with Gasteiger partial charge >= 0.3 is 0 Å². The van der Waals surface area contributed by atoms with Gasteiger partial charge in [0.1, 0.15) is 4.90 Å². The van der Waals surface area contributed by atoms with E-state index in [1.165, 1.54) is 10.5 Å². The van der Waals surface area contributed by atoms with Crippen molar-refractivity contribution in [1.29, 1.82) is 0 Å². The summed E-state index contributed by atoms with van der Waals surface area (Å²) in [4.78, 5) is 9.96. The molecule has 0 aliphatic carbocycles. The van der Waals surface area contributed by atoms with Crippen molar-refractivity contribution in [2.75, 3.05) is 7.05 Å². The molecule has 140 valence electrons. The van der Waals surface area contributed by atoms with Gasteiger partial charge in [0.05, 0.1) is 22.4 Å². The second-order valence-electron chi connectivity index (χ2n) is 6.36. The molecule has 0 N–H and O–H groups in total. The minimum Gasteiger partial charge on any atom is -0.250 e. The van der Waals surface area contributed by atoms with Gasteiger partial charge in [-0.25, -0.2) is 18.4 Å². The highest BCUT2D eigenvalue weighted by Crippen LogP contribution is 2.32. The lowest BCUT2D eigenvalue weighted by Gasteiger charge is -2.23. The first-order chi connectivity index (χ1) is 12.2. The van der Waals surface area contributed by atoms with Crippen molar-refractivity contribution in [3.8, 4) is 0 Å². The van der Waals surface area contributed by atoms with E-state index >= 15 is 0 Å². The standard InChI is InChI=1S/C17H23N5O2S2/c1-7-15-19-11(3)16(25-15)12(4)22(6)26(23,24)13-8-14-10(2)20-21(5)17(14)18-9-13/h8-9,12H,7H2,1-6H3/t12-/m0/s1. The van der Waals surface area contributed by atoms with E-state index in [0.29, 0.717) is 5.65 Å². The van der Waals surface area contributed by atoms with Crippen molar-refractivity contribution in [2.24, 2.45) is 7.05 Å². The molecule has 9 heteroatoms. The van der Waals surface area contributed by atoms with Crippen molar-refractivity contribution in [1.82, 2.24) is 24.1 Å². The fraction of sp³-hybridized carbons (Fsp3) is 0.471. The zero-order valence-electron chi connectivity index (χ0n) is 15.8. The molecule has 7 nitrogen and oxygen atoms in total. The van der Waals surface area contributed by atoms with E-state index in [1.807, 2.05) is 27.7 Å².